The molecule has 26 heavy (non-hydrogen) atoms. The lowest BCUT2D eigenvalue weighted by Gasteiger charge is -2.36. The Bertz CT molecular complexity index is 747. The summed E-state index contributed by atoms with van der Waals surface area (Å²) in [5.41, 5.74) is -0.448. The minimum absolute atomic E-state index is 0. The number of carbonyl (C=O) groups is 2. The first-order valence-corrected chi connectivity index (χ1v) is 8.15. The average molecular weight is 382 g/mol. The van der Waals surface area contributed by atoms with Crippen molar-refractivity contribution in [3.63, 3.8) is 0 Å². The largest absolute Gasteiger partial charge is 0.345 e. The molecule has 9 heteroatoms. The van der Waals surface area contributed by atoms with Crippen LogP contribution in [0.1, 0.15) is 12.8 Å². The van der Waals surface area contributed by atoms with Crippen LogP contribution in [-0.4, -0.2) is 41.2 Å². The molecule has 2 amide bonds. The summed E-state index contributed by atoms with van der Waals surface area (Å²) in [4.78, 5) is 24.8. The van der Waals surface area contributed by atoms with Crippen molar-refractivity contribution < 1.29 is 14.0 Å². The van der Waals surface area contributed by atoms with Crippen molar-refractivity contribution in [1.82, 2.24) is 20.4 Å². The van der Waals surface area contributed by atoms with Gasteiger partial charge in [-0.25, -0.2) is 4.39 Å². The van der Waals surface area contributed by atoms with E-state index in [0.29, 0.717) is 31.6 Å². The van der Waals surface area contributed by atoms with Gasteiger partial charge in [0.1, 0.15) is 11.4 Å². The molecular formula is C17H21ClFN5O2. The van der Waals surface area contributed by atoms with Crippen molar-refractivity contribution in [1.29, 1.82) is 0 Å². The molecule has 2 aromatic rings. The highest BCUT2D eigenvalue weighted by Gasteiger charge is 2.41. The third kappa shape index (κ3) is 4.39. The number of rotatable bonds is 5. The van der Waals surface area contributed by atoms with Gasteiger partial charge >= 0.3 is 0 Å². The van der Waals surface area contributed by atoms with Crippen molar-refractivity contribution in [3.05, 3.63) is 48.5 Å². The molecule has 1 aliphatic rings. The summed E-state index contributed by atoms with van der Waals surface area (Å²) < 4.78 is 14.8. The first kappa shape index (κ1) is 19.9. The van der Waals surface area contributed by atoms with Gasteiger partial charge in [-0.1, -0.05) is 6.07 Å². The van der Waals surface area contributed by atoms with Gasteiger partial charge in [-0.15, -0.1) is 12.4 Å². The Kier molecular flexibility index (Phi) is 6.70. The standard InChI is InChI=1S/C17H20FN5O2.ClH/c18-13-3-1-4-14(11-13)22-15(24)12-20-16(25)17(5-8-19-9-6-17)23-10-2-7-21-23;/h1-4,7,10-11,19H,5-6,8-9,12H2,(H,20,25)(H,22,24);1H. The zero-order valence-electron chi connectivity index (χ0n) is 14.1. The Morgan fingerprint density at radius 1 is 1.27 bits per heavy atom. The smallest absolute Gasteiger partial charge is 0.248 e. The second-order valence-electron chi connectivity index (χ2n) is 5.97. The first-order valence-electron chi connectivity index (χ1n) is 8.15. The molecule has 1 saturated heterocycles. The van der Waals surface area contributed by atoms with E-state index in [4.69, 9.17) is 0 Å². The maximum atomic E-state index is 13.1. The molecule has 0 unspecified atom stereocenters. The Balaban J connectivity index is 0.00000243. The molecule has 0 spiro atoms. The van der Waals surface area contributed by atoms with Crippen molar-refractivity contribution in [3.8, 4) is 0 Å². The number of nitrogens with zero attached hydrogens (tertiary/aromatic N) is 2. The fourth-order valence-electron chi connectivity index (χ4n) is 3.02. The van der Waals surface area contributed by atoms with Gasteiger partial charge in [-0.2, -0.15) is 5.10 Å². The molecule has 0 saturated carbocycles. The van der Waals surface area contributed by atoms with Crippen molar-refractivity contribution in [2.24, 2.45) is 0 Å². The van der Waals surface area contributed by atoms with Gasteiger partial charge in [0, 0.05) is 18.1 Å². The quantitative estimate of drug-likeness (QED) is 0.728. The van der Waals surface area contributed by atoms with Crippen molar-refractivity contribution >= 4 is 29.9 Å². The molecule has 3 N–H and O–H groups in total. The lowest BCUT2D eigenvalue weighted by atomic mass is 9.87. The van der Waals surface area contributed by atoms with Crippen LogP contribution >= 0.6 is 12.4 Å². The summed E-state index contributed by atoms with van der Waals surface area (Å²) >= 11 is 0. The fourth-order valence-corrected chi connectivity index (χ4v) is 3.02. The second-order valence-corrected chi connectivity index (χ2v) is 5.97. The second kappa shape index (κ2) is 8.77. The number of hydrogen-bond donors (Lipinski definition) is 3. The van der Waals surface area contributed by atoms with E-state index in [2.05, 4.69) is 21.0 Å². The molecular weight excluding hydrogens is 361 g/mol. The van der Waals surface area contributed by atoms with E-state index in [1.165, 1.54) is 18.2 Å². The van der Waals surface area contributed by atoms with E-state index >= 15 is 0 Å². The lowest BCUT2D eigenvalue weighted by Crippen LogP contribution is -2.55. The van der Waals surface area contributed by atoms with Gasteiger partial charge in [0.2, 0.25) is 11.8 Å². The fraction of sp³-hybridized carbons (Fsp3) is 0.353. The highest BCUT2D eigenvalue weighted by atomic mass is 35.5. The van der Waals surface area contributed by atoms with E-state index in [1.54, 1.807) is 29.2 Å². The average Bonchev–Trinajstić information content (AvgIpc) is 3.15. The maximum Gasteiger partial charge on any atom is 0.248 e. The van der Waals surface area contributed by atoms with Crippen LogP contribution in [0.4, 0.5) is 10.1 Å². The van der Waals surface area contributed by atoms with Crippen LogP contribution < -0.4 is 16.0 Å². The predicted octanol–water partition coefficient (Wildman–Crippen LogP) is 1.28. The number of benzene rings is 1. The number of anilines is 1. The Hall–Kier alpha value is -2.45. The molecule has 3 rings (SSSR count). The van der Waals surface area contributed by atoms with Crippen molar-refractivity contribution in [2.45, 2.75) is 18.4 Å². The number of carbonyl (C=O) groups excluding carboxylic acids is 2. The monoisotopic (exact) mass is 381 g/mol. The summed E-state index contributed by atoms with van der Waals surface area (Å²) in [6.45, 7) is 1.21. The summed E-state index contributed by atoms with van der Waals surface area (Å²) in [5.74, 6) is -1.09. The molecule has 1 aliphatic heterocycles. The summed E-state index contributed by atoms with van der Waals surface area (Å²) in [7, 11) is 0. The Morgan fingerprint density at radius 2 is 2.04 bits per heavy atom. The van der Waals surface area contributed by atoms with Crippen LogP contribution in [0, 0.1) is 5.82 Å². The summed E-state index contributed by atoms with van der Waals surface area (Å²) in [6, 6.07) is 7.37. The zero-order chi connectivity index (χ0) is 17.7. The minimum atomic E-state index is -0.798. The molecule has 1 fully saturated rings. The van der Waals surface area contributed by atoms with Gasteiger partial charge in [0.05, 0.1) is 6.54 Å². The molecule has 1 aromatic carbocycles. The molecule has 7 nitrogen and oxygen atoms in total. The van der Waals surface area contributed by atoms with E-state index in [9.17, 15) is 14.0 Å². The van der Waals surface area contributed by atoms with E-state index in [0.717, 1.165) is 0 Å². The Labute approximate surface area is 156 Å². The summed E-state index contributed by atoms with van der Waals surface area (Å²) in [6.07, 6.45) is 4.57. The van der Waals surface area contributed by atoms with Gasteiger partial charge in [-0.05, 0) is 50.2 Å². The third-order valence-corrected chi connectivity index (χ3v) is 4.31. The van der Waals surface area contributed by atoms with Crippen LogP contribution in [0.25, 0.3) is 0 Å². The number of piperidine rings is 1. The number of aromatic nitrogens is 2. The molecule has 1 aromatic heterocycles. The maximum absolute atomic E-state index is 13.1. The molecule has 140 valence electrons. The van der Waals surface area contributed by atoms with Crippen molar-refractivity contribution in [2.75, 3.05) is 25.0 Å². The number of nitrogens with one attached hydrogen (secondary N) is 3. The van der Waals surface area contributed by atoms with Crippen LogP contribution in [0.2, 0.25) is 0 Å². The van der Waals surface area contributed by atoms with Crippen LogP contribution in [0.3, 0.4) is 0 Å². The number of hydrogen-bond acceptors (Lipinski definition) is 4. The van der Waals surface area contributed by atoms with E-state index < -0.39 is 17.3 Å². The van der Waals surface area contributed by atoms with Crippen LogP contribution in [-0.2, 0) is 15.1 Å². The van der Waals surface area contributed by atoms with Gasteiger partial charge in [0.15, 0.2) is 0 Å². The molecule has 0 radical (unpaired) electrons. The van der Waals surface area contributed by atoms with Gasteiger partial charge in [-0.3, -0.25) is 14.3 Å². The highest BCUT2D eigenvalue weighted by Crippen LogP contribution is 2.27. The Morgan fingerprint density at radius 3 is 2.69 bits per heavy atom. The number of amides is 2. The van der Waals surface area contributed by atoms with Gasteiger partial charge < -0.3 is 16.0 Å². The van der Waals surface area contributed by atoms with Crippen LogP contribution in [0.5, 0.6) is 0 Å². The zero-order valence-corrected chi connectivity index (χ0v) is 14.9. The predicted molar refractivity (Wildman–Crippen MR) is 97.6 cm³/mol. The number of halogens is 2. The third-order valence-electron chi connectivity index (χ3n) is 4.31. The van der Waals surface area contributed by atoms with E-state index in [-0.39, 0.29) is 24.9 Å². The lowest BCUT2D eigenvalue weighted by molar-refractivity contribution is -0.133. The molecule has 0 atom stereocenters. The first-order chi connectivity index (χ1) is 12.1. The highest BCUT2D eigenvalue weighted by molar-refractivity contribution is 5.95. The van der Waals surface area contributed by atoms with Gasteiger partial charge in [0.25, 0.3) is 0 Å². The SMILES string of the molecule is Cl.O=C(CNC(=O)C1(n2cccn2)CCNCC1)Nc1cccc(F)c1. The topological polar surface area (TPSA) is 88.0 Å². The normalized spacial score (nSPS) is 15.6. The van der Waals surface area contributed by atoms with E-state index in [1.807, 2.05) is 0 Å². The molecule has 2 heterocycles. The van der Waals surface area contributed by atoms with Crippen LogP contribution in [0.15, 0.2) is 42.7 Å². The summed E-state index contributed by atoms with van der Waals surface area (Å²) in [5, 5.41) is 12.7. The minimum Gasteiger partial charge on any atom is -0.345 e. The molecule has 0 aliphatic carbocycles. The molecule has 0 bridgehead atoms.